The van der Waals surface area contributed by atoms with Gasteiger partial charge < -0.3 is 15.7 Å². The van der Waals surface area contributed by atoms with Crippen LogP contribution in [0.3, 0.4) is 0 Å². The molecule has 5 nitrogen and oxygen atoms in total. The highest BCUT2D eigenvalue weighted by atomic mass is 35.5. The van der Waals surface area contributed by atoms with Crippen LogP contribution < -0.4 is 5.73 Å². The molecular weight excluding hydrogens is 276 g/mol. The van der Waals surface area contributed by atoms with E-state index in [4.69, 9.17) is 10.8 Å². The summed E-state index contributed by atoms with van der Waals surface area (Å²) in [4.78, 5) is 9.99. The van der Waals surface area contributed by atoms with Gasteiger partial charge in [0.1, 0.15) is 5.75 Å². The van der Waals surface area contributed by atoms with E-state index in [-0.39, 0.29) is 18.2 Å². The van der Waals surface area contributed by atoms with Gasteiger partial charge in [0.15, 0.2) is 0 Å². The maximum atomic E-state index is 8.79. The van der Waals surface area contributed by atoms with Crippen LogP contribution in [-0.4, -0.2) is 49.7 Å². The average molecular weight is 301 g/mol. The maximum Gasteiger partial charge on any atom is 0.138 e. The molecule has 0 fully saturated rings. The van der Waals surface area contributed by atoms with Gasteiger partial charge in [0, 0.05) is 6.54 Å². The Morgan fingerprint density at radius 2 is 1.90 bits per heavy atom. The first-order valence-corrected chi connectivity index (χ1v) is 6.34. The smallest absolute Gasteiger partial charge is 0.138 e. The average Bonchev–Trinajstić information content (AvgIpc) is 2.38. The Bertz CT molecular complexity index is 383. The lowest BCUT2D eigenvalue weighted by atomic mass is 10.3. The van der Waals surface area contributed by atoms with Crippen molar-refractivity contribution in [1.82, 2.24) is 4.90 Å². The van der Waals surface area contributed by atoms with E-state index in [1.54, 1.807) is 24.3 Å². The summed E-state index contributed by atoms with van der Waals surface area (Å²) in [5.74, 6) is 0.146. The minimum atomic E-state index is 0. The van der Waals surface area contributed by atoms with Crippen molar-refractivity contribution in [2.24, 2.45) is 9.98 Å². The number of aliphatic imine (C=N–C) groups is 2. The predicted molar refractivity (Wildman–Crippen MR) is 88.2 cm³/mol. The first kappa shape index (κ1) is 20.8. The molecular formula is C14H25ClN4O. The van der Waals surface area contributed by atoms with E-state index in [2.05, 4.69) is 35.0 Å². The molecule has 0 amide bonds. The normalized spacial score (nSPS) is 8.80. The molecule has 0 saturated heterocycles. The zero-order valence-electron chi connectivity index (χ0n) is 12.4. The number of phenols is 1. The van der Waals surface area contributed by atoms with Crippen molar-refractivity contribution < 1.29 is 5.11 Å². The minimum Gasteiger partial charge on any atom is -0.506 e. The SMILES string of the molecule is CCN=C=NCCCN(C)C.Cl.Nc1ccccc1O. The topological polar surface area (TPSA) is 74.2 Å². The number of hydrogen-bond acceptors (Lipinski definition) is 5. The molecule has 0 heterocycles. The Kier molecular flexibility index (Phi) is 14.4. The number of benzene rings is 1. The van der Waals surface area contributed by atoms with Crippen LogP contribution in [0.1, 0.15) is 13.3 Å². The molecule has 0 bridgehead atoms. The molecule has 0 unspecified atom stereocenters. The Labute approximate surface area is 127 Å². The summed E-state index contributed by atoms with van der Waals surface area (Å²) in [7, 11) is 4.12. The lowest BCUT2D eigenvalue weighted by molar-refractivity contribution is 0.403. The van der Waals surface area contributed by atoms with Crippen LogP contribution in [0.4, 0.5) is 5.69 Å². The highest BCUT2D eigenvalue weighted by Gasteiger charge is 1.88. The summed E-state index contributed by atoms with van der Waals surface area (Å²) in [5.41, 5.74) is 5.69. The van der Waals surface area contributed by atoms with Crippen LogP contribution in [0.5, 0.6) is 5.75 Å². The van der Waals surface area contributed by atoms with Crippen LogP contribution >= 0.6 is 12.4 Å². The van der Waals surface area contributed by atoms with Crippen molar-refractivity contribution >= 4 is 24.1 Å². The monoisotopic (exact) mass is 300 g/mol. The van der Waals surface area contributed by atoms with E-state index >= 15 is 0 Å². The molecule has 0 atom stereocenters. The maximum absolute atomic E-state index is 8.79. The van der Waals surface area contributed by atoms with Crippen molar-refractivity contribution in [1.29, 1.82) is 0 Å². The fourth-order valence-electron chi connectivity index (χ4n) is 1.12. The first-order valence-electron chi connectivity index (χ1n) is 6.34. The van der Waals surface area contributed by atoms with Crippen LogP contribution in [0.15, 0.2) is 34.3 Å². The van der Waals surface area contributed by atoms with Crippen molar-refractivity contribution in [2.75, 3.05) is 39.5 Å². The quantitative estimate of drug-likeness (QED) is 0.380. The van der Waals surface area contributed by atoms with E-state index in [0.717, 1.165) is 26.1 Å². The van der Waals surface area contributed by atoms with E-state index < -0.39 is 0 Å². The molecule has 0 spiro atoms. The van der Waals surface area contributed by atoms with Crippen molar-refractivity contribution in [3.8, 4) is 5.75 Å². The van der Waals surface area contributed by atoms with E-state index in [1.807, 2.05) is 6.92 Å². The standard InChI is InChI=1S/C8H17N3.C6H7NO.ClH/c1-4-9-8-10-6-5-7-11(2)3;7-5-3-1-2-4-6(5)8;/h4-7H2,1-3H3;1-4,8H,7H2;1H. The molecule has 0 aliphatic heterocycles. The molecule has 114 valence electrons. The summed E-state index contributed by atoms with van der Waals surface area (Å²) >= 11 is 0. The predicted octanol–water partition coefficient (Wildman–Crippen LogP) is 2.53. The number of rotatable bonds is 5. The van der Waals surface area contributed by atoms with Crippen LogP contribution in [0.2, 0.25) is 0 Å². The Balaban J connectivity index is 0. The molecule has 1 rings (SSSR count). The summed E-state index contributed by atoms with van der Waals surface area (Å²) in [6.45, 7) is 4.67. The molecule has 0 radical (unpaired) electrons. The molecule has 20 heavy (non-hydrogen) atoms. The zero-order valence-corrected chi connectivity index (χ0v) is 13.2. The summed E-state index contributed by atoms with van der Waals surface area (Å²) < 4.78 is 0. The first-order chi connectivity index (χ1) is 9.07. The van der Waals surface area contributed by atoms with Crippen molar-refractivity contribution in [3.63, 3.8) is 0 Å². The van der Waals surface area contributed by atoms with Gasteiger partial charge >= 0.3 is 0 Å². The number of para-hydroxylation sites is 2. The summed E-state index contributed by atoms with van der Waals surface area (Å²) in [6.07, 6.45) is 1.08. The summed E-state index contributed by atoms with van der Waals surface area (Å²) in [6, 6.07) is 9.34. The number of halogens is 1. The molecule has 0 aliphatic carbocycles. The number of aromatic hydroxyl groups is 1. The Morgan fingerprint density at radius 1 is 1.25 bits per heavy atom. The lowest BCUT2D eigenvalue weighted by Gasteiger charge is -2.05. The summed E-state index contributed by atoms with van der Waals surface area (Å²) in [5, 5.41) is 8.79. The number of hydrogen-bond donors (Lipinski definition) is 2. The van der Waals surface area contributed by atoms with Crippen LogP contribution in [0.25, 0.3) is 0 Å². The second-order valence-electron chi connectivity index (χ2n) is 4.17. The number of nitrogens with zero attached hydrogens (tertiary/aromatic N) is 3. The number of phenolic OH excluding ortho intramolecular Hbond substituents is 1. The Hall–Kier alpha value is -1.55. The molecule has 0 aliphatic rings. The van der Waals surface area contributed by atoms with Gasteiger partial charge in [-0.3, -0.25) is 0 Å². The van der Waals surface area contributed by atoms with Gasteiger partial charge in [0.2, 0.25) is 0 Å². The van der Waals surface area contributed by atoms with E-state index in [0.29, 0.717) is 5.69 Å². The van der Waals surface area contributed by atoms with Crippen molar-refractivity contribution in [3.05, 3.63) is 24.3 Å². The molecule has 0 saturated carbocycles. The molecule has 0 aromatic heterocycles. The highest BCUT2D eigenvalue weighted by Crippen LogP contribution is 2.16. The number of anilines is 1. The number of nitrogens with two attached hydrogens (primary N) is 1. The molecule has 1 aromatic carbocycles. The molecule has 3 N–H and O–H groups in total. The van der Waals surface area contributed by atoms with Gasteiger partial charge in [-0.25, -0.2) is 9.98 Å². The fourth-order valence-corrected chi connectivity index (χ4v) is 1.12. The van der Waals surface area contributed by atoms with Gasteiger partial charge in [-0.1, -0.05) is 12.1 Å². The van der Waals surface area contributed by atoms with E-state index in [9.17, 15) is 0 Å². The second kappa shape index (κ2) is 13.9. The van der Waals surface area contributed by atoms with Gasteiger partial charge in [-0.05, 0) is 46.1 Å². The largest absolute Gasteiger partial charge is 0.506 e. The van der Waals surface area contributed by atoms with Gasteiger partial charge in [0.05, 0.1) is 18.2 Å². The van der Waals surface area contributed by atoms with Gasteiger partial charge in [-0.2, -0.15) is 0 Å². The fraction of sp³-hybridized carbons (Fsp3) is 0.500. The number of nitrogen functional groups attached to an aromatic ring is 1. The highest BCUT2D eigenvalue weighted by molar-refractivity contribution is 5.85. The van der Waals surface area contributed by atoms with Crippen LogP contribution in [0, 0.1) is 0 Å². The van der Waals surface area contributed by atoms with Crippen molar-refractivity contribution in [2.45, 2.75) is 13.3 Å². The lowest BCUT2D eigenvalue weighted by Crippen LogP contribution is -2.13. The van der Waals surface area contributed by atoms with E-state index in [1.165, 1.54) is 0 Å². The third kappa shape index (κ3) is 12.9. The van der Waals surface area contributed by atoms with Gasteiger partial charge in [0.25, 0.3) is 0 Å². The zero-order chi connectivity index (χ0) is 14.5. The third-order valence-electron chi connectivity index (χ3n) is 2.11. The van der Waals surface area contributed by atoms with Crippen LogP contribution in [-0.2, 0) is 0 Å². The second-order valence-corrected chi connectivity index (χ2v) is 4.17. The molecule has 1 aromatic rings. The van der Waals surface area contributed by atoms with Gasteiger partial charge in [-0.15, -0.1) is 12.4 Å². The molecule has 6 heteroatoms. The third-order valence-corrected chi connectivity index (χ3v) is 2.11. The Morgan fingerprint density at radius 3 is 2.35 bits per heavy atom. The minimum absolute atomic E-state index is 0.